The minimum Gasteiger partial charge on any atom is -0.480 e. The summed E-state index contributed by atoms with van der Waals surface area (Å²) in [4.78, 5) is 54.5. The first-order chi connectivity index (χ1) is 19.8. The zero-order valence-electron chi connectivity index (χ0n) is 23.8. The quantitative estimate of drug-likeness (QED) is 0.0584. The molecule has 2 heterocycles. The highest BCUT2D eigenvalue weighted by Gasteiger charge is 2.28. The van der Waals surface area contributed by atoms with Gasteiger partial charge in [-0.25, -0.2) is 4.79 Å². The van der Waals surface area contributed by atoms with Crippen molar-refractivity contribution in [3.8, 4) is 0 Å². The number of carboxylic acid groups (broad SMARTS) is 1. The molecular weight excluding hydrogens is 544 g/mol. The molecule has 1 aliphatic rings. The molecular formula is C28H40N8O6. The van der Waals surface area contributed by atoms with Crippen LogP contribution in [-0.2, 0) is 25.6 Å². The summed E-state index contributed by atoms with van der Waals surface area (Å²) in [5.41, 5.74) is 14.7. The fourth-order valence-electron chi connectivity index (χ4n) is 4.58. The van der Waals surface area contributed by atoms with E-state index in [1.54, 1.807) is 4.90 Å². The number of nitrogens with zero attached hydrogens (tertiary/aromatic N) is 1. The van der Waals surface area contributed by atoms with Gasteiger partial charge in [0.2, 0.25) is 17.7 Å². The van der Waals surface area contributed by atoms with Crippen LogP contribution in [-0.4, -0.2) is 93.6 Å². The van der Waals surface area contributed by atoms with Gasteiger partial charge in [0.05, 0.1) is 6.10 Å². The lowest BCUT2D eigenvalue weighted by atomic mass is 10.0. The molecule has 0 saturated carbocycles. The molecule has 0 aliphatic carbocycles. The number of aryl methyl sites for hydroxylation is 1. The van der Waals surface area contributed by atoms with E-state index in [-0.39, 0.29) is 38.2 Å². The lowest BCUT2D eigenvalue weighted by molar-refractivity contribution is -0.141. The van der Waals surface area contributed by atoms with Crippen LogP contribution in [0, 0.1) is 12.3 Å². The van der Waals surface area contributed by atoms with Gasteiger partial charge in [-0.1, -0.05) is 23.8 Å². The van der Waals surface area contributed by atoms with Crippen LogP contribution in [0.4, 0.5) is 0 Å². The summed E-state index contributed by atoms with van der Waals surface area (Å²) in [6.07, 6.45) is 1.12. The Bertz CT molecular complexity index is 1350. The number of carbonyl (C=O) groups is 4. The summed E-state index contributed by atoms with van der Waals surface area (Å²) in [5, 5.41) is 35.6. The number of aliphatic carboxylic acids is 1. The van der Waals surface area contributed by atoms with Crippen LogP contribution in [0.2, 0.25) is 0 Å². The number of aromatic nitrogens is 1. The van der Waals surface area contributed by atoms with Crippen molar-refractivity contribution in [1.82, 2.24) is 25.8 Å². The number of nitrogens with one attached hydrogen (secondary N) is 5. The normalized spacial score (nSPS) is 15.8. The number of hydrogen-bond donors (Lipinski definition) is 9. The molecule has 14 nitrogen and oxygen atoms in total. The van der Waals surface area contributed by atoms with E-state index in [0.29, 0.717) is 18.8 Å². The number of carbonyl (C=O) groups excluding carboxylic acids is 3. The largest absolute Gasteiger partial charge is 0.480 e. The number of guanidine groups is 1. The summed E-state index contributed by atoms with van der Waals surface area (Å²) >= 11 is 0. The Morgan fingerprint density at radius 3 is 2.50 bits per heavy atom. The van der Waals surface area contributed by atoms with Gasteiger partial charge >= 0.3 is 5.97 Å². The van der Waals surface area contributed by atoms with Crippen molar-refractivity contribution in [3.63, 3.8) is 0 Å². The molecule has 0 saturated heterocycles. The fourth-order valence-corrected chi connectivity index (χ4v) is 4.58. The number of hydrogen-bond acceptors (Lipinski definition) is 7. The van der Waals surface area contributed by atoms with Crippen LogP contribution in [0.25, 0.3) is 10.9 Å². The first-order valence-corrected chi connectivity index (χ1v) is 13.7. The molecule has 14 heteroatoms. The van der Waals surface area contributed by atoms with Crippen molar-refractivity contribution < 1.29 is 29.4 Å². The molecule has 0 fully saturated rings. The number of carboxylic acids is 1. The van der Waals surface area contributed by atoms with Gasteiger partial charge in [-0.05, 0) is 49.8 Å². The second kappa shape index (κ2) is 14.5. The highest BCUT2D eigenvalue weighted by molar-refractivity contribution is 5.90. The zero-order valence-corrected chi connectivity index (χ0v) is 23.8. The number of benzene rings is 1. The number of fused-ring (bicyclic) bond motifs is 1. The number of H-pyrrole nitrogens is 1. The van der Waals surface area contributed by atoms with Crippen molar-refractivity contribution in [3.05, 3.63) is 47.2 Å². The molecule has 0 bridgehead atoms. The second-order valence-corrected chi connectivity index (χ2v) is 10.6. The lowest BCUT2D eigenvalue weighted by Crippen LogP contribution is -2.54. The highest BCUT2D eigenvalue weighted by atomic mass is 16.4. The average molecular weight is 585 g/mol. The van der Waals surface area contributed by atoms with E-state index < -0.39 is 47.9 Å². The van der Waals surface area contributed by atoms with E-state index in [9.17, 15) is 29.4 Å². The number of aliphatic hydroxyl groups is 1. The molecule has 11 N–H and O–H groups in total. The zero-order chi connectivity index (χ0) is 31.0. The van der Waals surface area contributed by atoms with Crippen molar-refractivity contribution in [2.24, 2.45) is 11.5 Å². The number of nitrogens with two attached hydrogens (primary N) is 2. The molecule has 3 amide bonds. The van der Waals surface area contributed by atoms with E-state index >= 15 is 0 Å². The van der Waals surface area contributed by atoms with Crippen LogP contribution in [0.1, 0.15) is 37.4 Å². The lowest BCUT2D eigenvalue weighted by Gasteiger charge is -2.23. The monoisotopic (exact) mass is 584 g/mol. The third kappa shape index (κ3) is 9.04. The minimum absolute atomic E-state index is 0.0292. The van der Waals surface area contributed by atoms with Crippen LogP contribution < -0.4 is 27.4 Å². The molecule has 1 aromatic carbocycles. The average Bonchev–Trinajstić information content (AvgIpc) is 3.56. The van der Waals surface area contributed by atoms with Crippen molar-refractivity contribution >= 4 is 40.6 Å². The van der Waals surface area contributed by atoms with Gasteiger partial charge in [0.25, 0.3) is 0 Å². The van der Waals surface area contributed by atoms with Crippen molar-refractivity contribution in [2.45, 2.75) is 63.8 Å². The van der Waals surface area contributed by atoms with Crippen molar-refractivity contribution in [1.29, 1.82) is 5.41 Å². The molecule has 3 rings (SSSR count). The van der Waals surface area contributed by atoms with E-state index in [1.807, 2.05) is 37.3 Å². The maximum Gasteiger partial charge on any atom is 0.326 e. The highest BCUT2D eigenvalue weighted by Crippen LogP contribution is 2.18. The van der Waals surface area contributed by atoms with Gasteiger partial charge in [-0.3, -0.25) is 19.8 Å². The fraction of sp³-hybridized carbons (Fsp3) is 0.464. The van der Waals surface area contributed by atoms with Gasteiger partial charge in [0.1, 0.15) is 18.1 Å². The number of aromatic amines is 1. The third-order valence-electron chi connectivity index (χ3n) is 7.03. The van der Waals surface area contributed by atoms with Crippen molar-refractivity contribution in [2.75, 3.05) is 19.6 Å². The van der Waals surface area contributed by atoms with Gasteiger partial charge in [0.15, 0.2) is 5.96 Å². The van der Waals surface area contributed by atoms with E-state index in [4.69, 9.17) is 16.9 Å². The molecule has 0 radical (unpaired) electrons. The Morgan fingerprint density at radius 2 is 1.86 bits per heavy atom. The molecule has 1 aromatic heterocycles. The smallest absolute Gasteiger partial charge is 0.326 e. The molecule has 2 aromatic rings. The SMILES string of the molecule is Cc1ccc2cc(CC(NC(=O)CCCNC(=O)C(CC3=CCN(C(=N)N)C3)NC(=O)C(N)C(C)O)C(=O)O)[nH]c2c1. The van der Waals surface area contributed by atoms with Gasteiger partial charge < -0.3 is 47.5 Å². The number of aliphatic hydroxyl groups excluding tert-OH is 1. The summed E-state index contributed by atoms with van der Waals surface area (Å²) in [6, 6.07) is 4.35. The summed E-state index contributed by atoms with van der Waals surface area (Å²) in [6.45, 7) is 4.17. The number of amides is 3. The van der Waals surface area contributed by atoms with Crippen LogP contribution in [0.5, 0.6) is 0 Å². The Kier molecular flexibility index (Phi) is 11.0. The molecule has 228 valence electrons. The van der Waals surface area contributed by atoms with E-state index in [2.05, 4.69) is 20.9 Å². The van der Waals surface area contributed by atoms with E-state index in [0.717, 1.165) is 22.0 Å². The first kappa shape index (κ1) is 32.1. The Morgan fingerprint density at radius 1 is 1.12 bits per heavy atom. The first-order valence-electron chi connectivity index (χ1n) is 13.7. The van der Waals surface area contributed by atoms with Gasteiger partial charge in [-0.2, -0.15) is 0 Å². The summed E-state index contributed by atoms with van der Waals surface area (Å²) < 4.78 is 0. The standard InChI is InChI=1S/C28H40N8O6/c1-15-5-6-18-12-19(33-20(18)10-15)13-22(27(41)42)34-23(38)4-3-8-32-25(39)21(35-26(40)24(29)16(2)37)11-17-7-9-36(14-17)28(30)31/h5-7,10,12,16,21-22,24,33,37H,3-4,8-9,11,13-14,29H2,1-2H3,(H3,30,31)(H,32,39)(H,34,38)(H,35,40)(H,41,42). The topological polar surface area (TPSA) is 240 Å². The minimum atomic E-state index is -1.23. The van der Waals surface area contributed by atoms with Crippen LogP contribution in [0.3, 0.4) is 0 Å². The molecule has 4 atom stereocenters. The van der Waals surface area contributed by atoms with Crippen LogP contribution >= 0.6 is 0 Å². The molecule has 42 heavy (non-hydrogen) atoms. The predicted molar refractivity (Wildman–Crippen MR) is 156 cm³/mol. The van der Waals surface area contributed by atoms with Gasteiger partial charge in [-0.15, -0.1) is 0 Å². The maximum atomic E-state index is 13.0. The number of rotatable bonds is 14. The molecule has 4 unspecified atom stereocenters. The van der Waals surface area contributed by atoms with Gasteiger partial charge in [0, 0.05) is 43.7 Å². The summed E-state index contributed by atoms with van der Waals surface area (Å²) in [7, 11) is 0. The predicted octanol–water partition coefficient (Wildman–Crippen LogP) is -0.797. The van der Waals surface area contributed by atoms with Crippen LogP contribution in [0.15, 0.2) is 35.9 Å². The van der Waals surface area contributed by atoms with E-state index in [1.165, 1.54) is 6.92 Å². The Balaban J connectivity index is 1.51. The Hall–Kier alpha value is -4.43. The summed E-state index contributed by atoms with van der Waals surface area (Å²) in [5.74, 6) is -2.96. The molecule has 0 spiro atoms. The second-order valence-electron chi connectivity index (χ2n) is 10.6. The Labute approximate surface area is 243 Å². The third-order valence-corrected chi connectivity index (χ3v) is 7.03. The molecule has 1 aliphatic heterocycles. The maximum absolute atomic E-state index is 13.0.